The summed E-state index contributed by atoms with van der Waals surface area (Å²) in [6, 6.07) is 14.9. The van der Waals surface area contributed by atoms with Gasteiger partial charge in [-0.25, -0.2) is 9.07 Å². The van der Waals surface area contributed by atoms with Crippen LogP contribution in [0.4, 0.5) is 4.39 Å². The molecule has 1 heterocycles. The molecule has 3 rings (SSSR count). The zero-order valence-electron chi connectivity index (χ0n) is 21.0. The molecule has 0 saturated heterocycles. The molecule has 1 aromatic heterocycles. The molecule has 3 atom stereocenters. The van der Waals surface area contributed by atoms with E-state index in [0.29, 0.717) is 16.9 Å². The minimum absolute atomic E-state index is 0. The second-order valence-corrected chi connectivity index (χ2v) is 9.21. The topological polar surface area (TPSA) is 125 Å². The van der Waals surface area contributed by atoms with E-state index in [9.17, 15) is 24.2 Å². The SMILES string of the molecule is CC(C)c1c(C(=O)N[C@H](C)c2ccccc2)nn(-c2ccc(F)cc2)c1/C=C/[C@H](O)C[C@@H](O)CC(=O)O.[NaH]. The van der Waals surface area contributed by atoms with Gasteiger partial charge in [0.1, 0.15) is 5.82 Å². The third kappa shape index (κ3) is 8.34. The number of benzene rings is 2. The maximum absolute atomic E-state index is 13.6. The van der Waals surface area contributed by atoms with E-state index in [4.69, 9.17) is 5.11 Å². The Kier molecular flexibility index (Phi) is 11.9. The number of nitrogens with zero attached hydrogens (tertiary/aromatic N) is 2. The van der Waals surface area contributed by atoms with Crippen molar-refractivity contribution in [1.29, 1.82) is 0 Å². The Morgan fingerprint density at radius 1 is 1.05 bits per heavy atom. The standard InChI is InChI=1S/C28H32FN3O5.Na.H/c1-17(2)26-24(14-13-22(33)15-23(34)16-25(35)36)32(21-11-9-20(29)10-12-21)31-27(26)28(37)30-18(3)19-7-5-4-6-8-19;;/h4-14,17-18,22-23,33-34H,15-16H2,1-3H3,(H,30,37)(H,35,36);;/b14-13+;;/t18-,22+,23-;;/m1../s1. The maximum atomic E-state index is 13.6. The van der Waals surface area contributed by atoms with Gasteiger partial charge in [-0.3, -0.25) is 9.59 Å². The van der Waals surface area contributed by atoms with E-state index in [1.807, 2.05) is 51.1 Å². The predicted octanol–water partition coefficient (Wildman–Crippen LogP) is 3.58. The van der Waals surface area contributed by atoms with Gasteiger partial charge in [0.25, 0.3) is 5.91 Å². The van der Waals surface area contributed by atoms with Crippen molar-refractivity contribution in [2.45, 2.75) is 57.8 Å². The zero-order valence-corrected chi connectivity index (χ0v) is 21.0. The molecule has 38 heavy (non-hydrogen) atoms. The molecule has 3 aromatic rings. The number of aromatic nitrogens is 2. The third-order valence-corrected chi connectivity index (χ3v) is 5.87. The average molecular weight is 534 g/mol. The van der Waals surface area contributed by atoms with E-state index in [1.54, 1.807) is 6.08 Å². The molecule has 0 unspecified atom stereocenters. The van der Waals surface area contributed by atoms with Crippen LogP contribution >= 0.6 is 0 Å². The summed E-state index contributed by atoms with van der Waals surface area (Å²) in [5.74, 6) is -2.11. The fraction of sp³-hybridized carbons (Fsp3) is 0.321. The van der Waals surface area contributed by atoms with Gasteiger partial charge >= 0.3 is 35.5 Å². The van der Waals surface area contributed by atoms with Crippen molar-refractivity contribution in [3.8, 4) is 5.69 Å². The van der Waals surface area contributed by atoms with Gasteiger partial charge in [0.2, 0.25) is 0 Å². The molecule has 0 radical (unpaired) electrons. The first-order valence-electron chi connectivity index (χ1n) is 12.1. The number of carbonyl (C=O) groups excluding carboxylic acids is 1. The molecule has 2 aromatic carbocycles. The van der Waals surface area contributed by atoms with Crippen molar-refractivity contribution in [3.63, 3.8) is 0 Å². The Morgan fingerprint density at radius 2 is 1.68 bits per heavy atom. The number of nitrogens with one attached hydrogen (secondary N) is 1. The van der Waals surface area contributed by atoms with Crippen LogP contribution < -0.4 is 5.32 Å². The molecule has 0 aliphatic heterocycles. The molecule has 0 bridgehead atoms. The molecule has 0 aliphatic carbocycles. The van der Waals surface area contributed by atoms with E-state index in [2.05, 4.69) is 10.4 Å². The van der Waals surface area contributed by atoms with Crippen molar-refractivity contribution >= 4 is 47.5 Å². The number of aliphatic carboxylic acids is 1. The number of hydrogen-bond acceptors (Lipinski definition) is 5. The van der Waals surface area contributed by atoms with Crippen LogP contribution in [0.3, 0.4) is 0 Å². The Balaban J connectivity index is 0.00000507. The minimum atomic E-state index is -1.22. The van der Waals surface area contributed by atoms with E-state index in [-0.39, 0.29) is 59.5 Å². The summed E-state index contributed by atoms with van der Waals surface area (Å²) in [6.07, 6.45) is -0.0129. The van der Waals surface area contributed by atoms with Crippen LogP contribution in [0.15, 0.2) is 60.7 Å². The van der Waals surface area contributed by atoms with Crippen molar-refractivity contribution < 1.29 is 29.3 Å². The summed E-state index contributed by atoms with van der Waals surface area (Å²) in [5.41, 5.74) is 2.77. The third-order valence-electron chi connectivity index (χ3n) is 5.87. The molecule has 4 N–H and O–H groups in total. The van der Waals surface area contributed by atoms with Gasteiger partial charge < -0.3 is 20.6 Å². The molecular weight excluding hydrogens is 500 g/mol. The number of carboxylic acid groups (broad SMARTS) is 1. The predicted molar refractivity (Wildman–Crippen MR) is 145 cm³/mol. The first kappa shape index (κ1) is 31.4. The number of amides is 1. The molecule has 0 fully saturated rings. The number of halogens is 1. The molecule has 0 aliphatic rings. The van der Waals surface area contributed by atoms with E-state index >= 15 is 0 Å². The van der Waals surface area contributed by atoms with E-state index in [1.165, 1.54) is 35.0 Å². The average Bonchev–Trinajstić information content (AvgIpc) is 3.23. The van der Waals surface area contributed by atoms with Crippen LogP contribution in [0.2, 0.25) is 0 Å². The summed E-state index contributed by atoms with van der Waals surface area (Å²) >= 11 is 0. The van der Waals surface area contributed by atoms with Gasteiger partial charge in [0.15, 0.2) is 5.69 Å². The van der Waals surface area contributed by atoms with Gasteiger partial charge in [-0.1, -0.05) is 50.3 Å². The Morgan fingerprint density at radius 3 is 2.26 bits per heavy atom. The van der Waals surface area contributed by atoms with E-state index < -0.39 is 30.4 Å². The summed E-state index contributed by atoms with van der Waals surface area (Å²) in [7, 11) is 0. The quantitative estimate of drug-likeness (QED) is 0.279. The molecule has 1 amide bonds. The molecule has 0 saturated carbocycles. The van der Waals surface area contributed by atoms with Crippen molar-refractivity contribution in [2.75, 3.05) is 0 Å². The number of aliphatic hydroxyl groups is 2. The number of carboxylic acids is 1. The van der Waals surface area contributed by atoms with Crippen LogP contribution in [-0.2, 0) is 4.79 Å². The molecular formula is C28H33FN3NaO5. The number of carbonyl (C=O) groups is 2. The van der Waals surface area contributed by atoms with Crippen LogP contribution in [0, 0.1) is 5.82 Å². The normalized spacial score (nSPS) is 13.7. The first-order chi connectivity index (χ1) is 17.6. The fourth-order valence-electron chi connectivity index (χ4n) is 4.05. The van der Waals surface area contributed by atoms with Crippen LogP contribution in [0.1, 0.15) is 72.9 Å². The summed E-state index contributed by atoms with van der Waals surface area (Å²) in [4.78, 5) is 24.2. The molecule has 0 spiro atoms. The fourth-order valence-corrected chi connectivity index (χ4v) is 4.05. The Labute approximate surface area is 243 Å². The summed E-state index contributed by atoms with van der Waals surface area (Å²) in [5, 5.41) is 36.6. The second-order valence-electron chi connectivity index (χ2n) is 9.21. The van der Waals surface area contributed by atoms with Crippen molar-refractivity contribution in [1.82, 2.24) is 15.1 Å². The van der Waals surface area contributed by atoms with Gasteiger partial charge in [-0.2, -0.15) is 5.10 Å². The van der Waals surface area contributed by atoms with Crippen LogP contribution in [0.25, 0.3) is 11.8 Å². The Bertz CT molecular complexity index is 1250. The summed E-state index contributed by atoms with van der Waals surface area (Å²) < 4.78 is 15.1. The van der Waals surface area contributed by atoms with Gasteiger partial charge in [0.05, 0.1) is 36.1 Å². The molecule has 10 heteroatoms. The monoisotopic (exact) mass is 533 g/mol. The first-order valence-corrected chi connectivity index (χ1v) is 12.1. The molecule has 198 valence electrons. The van der Waals surface area contributed by atoms with Crippen LogP contribution in [0.5, 0.6) is 0 Å². The Hall–Kier alpha value is -2.82. The second kappa shape index (κ2) is 14.4. The van der Waals surface area contributed by atoms with Crippen LogP contribution in [-0.4, -0.2) is 78.7 Å². The van der Waals surface area contributed by atoms with Crippen molar-refractivity contribution in [3.05, 3.63) is 89.0 Å². The number of hydrogen-bond donors (Lipinski definition) is 4. The van der Waals surface area contributed by atoms with Crippen molar-refractivity contribution in [2.24, 2.45) is 0 Å². The molecule has 8 nitrogen and oxygen atoms in total. The van der Waals surface area contributed by atoms with Gasteiger partial charge in [0, 0.05) is 12.0 Å². The number of aliphatic hydroxyl groups excluding tert-OH is 2. The zero-order chi connectivity index (χ0) is 27.1. The van der Waals surface area contributed by atoms with Gasteiger partial charge in [-0.15, -0.1) is 0 Å². The number of rotatable bonds is 11. The summed E-state index contributed by atoms with van der Waals surface area (Å²) in [6.45, 7) is 5.69. The van der Waals surface area contributed by atoms with E-state index in [0.717, 1.165) is 5.56 Å². The van der Waals surface area contributed by atoms with Gasteiger partial charge in [-0.05, 0) is 48.7 Å².